The molecule has 0 radical (unpaired) electrons. The number of aliphatic imine (C=N–C) groups is 1. The molecule has 1 unspecified atom stereocenters. The highest BCUT2D eigenvalue weighted by Crippen LogP contribution is 2.30. The van der Waals surface area contributed by atoms with Gasteiger partial charge in [0, 0.05) is 55.2 Å². The Hall–Kier alpha value is -4.17. The number of benzene rings is 2. The van der Waals surface area contributed by atoms with E-state index in [1.807, 2.05) is 18.2 Å². The number of ketones is 1. The molecule has 0 spiro atoms. The average Bonchev–Trinajstić information content (AvgIpc) is 2.98. The molecular weight excluding hydrogens is 559 g/mol. The van der Waals surface area contributed by atoms with Crippen molar-refractivity contribution in [2.75, 3.05) is 31.1 Å². The lowest BCUT2D eigenvalue weighted by molar-refractivity contribution is -0.274. The van der Waals surface area contributed by atoms with Gasteiger partial charge in [-0.25, -0.2) is 0 Å². The largest absolute Gasteiger partial charge is 0.573 e. The summed E-state index contributed by atoms with van der Waals surface area (Å²) < 4.78 is 42.1. The minimum Gasteiger partial charge on any atom is -0.406 e. The van der Waals surface area contributed by atoms with Gasteiger partial charge >= 0.3 is 6.36 Å². The molecule has 2 aromatic rings. The number of nitrogens with zero attached hydrogens (tertiary/aromatic N) is 4. The quantitative estimate of drug-likeness (QED) is 0.407. The van der Waals surface area contributed by atoms with Crippen molar-refractivity contribution in [3.63, 3.8) is 0 Å². The Kier molecular flexibility index (Phi) is 10.2. The molecule has 1 atom stereocenters. The summed E-state index contributed by atoms with van der Waals surface area (Å²) in [6.07, 6.45) is -2.36. The normalized spacial score (nSPS) is 17.2. The lowest BCUT2D eigenvalue weighted by Crippen LogP contribution is -2.48. The number of Topliss-reactive ketones (excluding diaryl/α,β-unsaturated/α-hetero) is 1. The Labute approximate surface area is 249 Å². The number of alkyl halides is 3. The zero-order valence-corrected chi connectivity index (χ0v) is 24.6. The number of dihydropyridines is 1. The Bertz CT molecular complexity index is 1420. The van der Waals surface area contributed by atoms with Crippen LogP contribution in [0.15, 0.2) is 64.7 Å². The monoisotopic (exact) mass is 595 g/mol. The first-order valence-corrected chi connectivity index (χ1v) is 14.3. The summed E-state index contributed by atoms with van der Waals surface area (Å²) in [7, 11) is 0. The van der Waals surface area contributed by atoms with Gasteiger partial charge in [0.05, 0.1) is 17.2 Å². The standard InChI is InChI=1S/C32H36F3N5O3/c1-21(11-14-37-31(42)30-22(2)29(41)19-38-23(30)3)39-15-12-27(13-16-39)40(20-25-6-4-5-24(17-25)18-36)26-7-9-28(10-8-26)43-32(33,34)35/h4-10,17,21,27H,11-16,19-20H2,1-3H3,(H,37,42). The van der Waals surface area contributed by atoms with Gasteiger partial charge in [0.15, 0.2) is 5.78 Å². The predicted octanol–water partition coefficient (Wildman–Crippen LogP) is 5.18. The molecule has 1 N–H and O–H groups in total. The molecule has 43 heavy (non-hydrogen) atoms. The second-order valence-electron chi connectivity index (χ2n) is 11.0. The summed E-state index contributed by atoms with van der Waals surface area (Å²) in [5, 5.41) is 12.3. The van der Waals surface area contributed by atoms with Crippen molar-refractivity contribution >= 4 is 23.1 Å². The number of nitriles is 1. The maximum atomic E-state index is 12.8. The number of rotatable bonds is 10. The number of nitrogens with one attached hydrogen (secondary N) is 1. The number of likely N-dealkylation sites (tertiary alicyclic amines) is 1. The van der Waals surface area contributed by atoms with Gasteiger partial charge in [0.25, 0.3) is 5.91 Å². The van der Waals surface area contributed by atoms with Crippen LogP contribution >= 0.6 is 0 Å². The number of piperidine rings is 1. The molecular formula is C32H36F3N5O3. The third-order valence-electron chi connectivity index (χ3n) is 8.06. The fourth-order valence-corrected chi connectivity index (χ4v) is 5.64. The number of hydrogen-bond acceptors (Lipinski definition) is 7. The molecule has 2 aromatic carbocycles. The van der Waals surface area contributed by atoms with Crippen LogP contribution in [-0.2, 0) is 16.1 Å². The molecule has 0 saturated carbocycles. The smallest absolute Gasteiger partial charge is 0.406 e. The highest BCUT2D eigenvalue weighted by atomic mass is 19.4. The Balaban J connectivity index is 1.37. The average molecular weight is 596 g/mol. The molecule has 1 saturated heterocycles. The van der Waals surface area contributed by atoms with Crippen LogP contribution in [0.3, 0.4) is 0 Å². The van der Waals surface area contributed by atoms with Crippen LogP contribution in [0.25, 0.3) is 0 Å². The van der Waals surface area contributed by atoms with Crippen molar-refractivity contribution in [3.8, 4) is 11.8 Å². The van der Waals surface area contributed by atoms with Gasteiger partial charge in [-0.3, -0.25) is 14.6 Å². The summed E-state index contributed by atoms with van der Waals surface area (Å²) in [5.74, 6) is -0.688. The number of carbonyl (C=O) groups excluding carboxylic acids is 2. The van der Waals surface area contributed by atoms with E-state index in [0.29, 0.717) is 35.5 Å². The predicted molar refractivity (Wildman–Crippen MR) is 158 cm³/mol. The van der Waals surface area contributed by atoms with E-state index in [1.54, 1.807) is 32.0 Å². The lowest BCUT2D eigenvalue weighted by atomic mass is 9.98. The van der Waals surface area contributed by atoms with E-state index in [2.05, 4.69) is 37.8 Å². The molecule has 2 heterocycles. The topological polar surface area (TPSA) is 98.0 Å². The van der Waals surface area contributed by atoms with Crippen molar-refractivity contribution in [1.29, 1.82) is 5.26 Å². The van der Waals surface area contributed by atoms with E-state index in [-0.39, 0.29) is 36.1 Å². The minimum absolute atomic E-state index is 0.0862. The first kappa shape index (κ1) is 31.8. The molecule has 8 nitrogen and oxygen atoms in total. The van der Waals surface area contributed by atoms with Crippen molar-refractivity contribution in [2.24, 2.45) is 4.99 Å². The van der Waals surface area contributed by atoms with Gasteiger partial charge in [-0.1, -0.05) is 12.1 Å². The van der Waals surface area contributed by atoms with Crippen LogP contribution in [0.2, 0.25) is 0 Å². The maximum Gasteiger partial charge on any atom is 0.573 e. The van der Waals surface area contributed by atoms with Crippen LogP contribution < -0.4 is 15.0 Å². The van der Waals surface area contributed by atoms with Crippen molar-refractivity contribution in [2.45, 2.75) is 65.0 Å². The number of amides is 1. The first-order chi connectivity index (χ1) is 20.4. The van der Waals surface area contributed by atoms with E-state index in [1.165, 1.54) is 12.1 Å². The van der Waals surface area contributed by atoms with Gasteiger partial charge in [0.2, 0.25) is 0 Å². The Morgan fingerprint density at radius 2 is 1.88 bits per heavy atom. The lowest BCUT2D eigenvalue weighted by Gasteiger charge is -2.42. The minimum atomic E-state index is -4.76. The summed E-state index contributed by atoms with van der Waals surface area (Å²) in [5.41, 5.74) is 3.65. The summed E-state index contributed by atoms with van der Waals surface area (Å²) in [6.45, 7) is 8.21. The van der Waals surface area contributed by atoms with E-state index in [4.69, 9.17) is 0 Å². The SMILES string of the molecule is CC1=NCC(=O)C(C)=C1C(=O)NCCC(C)N1CCC(N(Cc2cccc(C#N)c2)c2ccc(OC(F)(F)F)cc2)CC1. The number of anilines is 1. The molecule has 11 heteroatoms. The number of carbonyl (C=O) groups is 2. The van der Waals surface area contributed by atoms with Crippen molar-refractivity contribution in [1.82, 2.24) is 10.2 Å². The van der Waals surface area contributed by atoms with E-state index in [9.17, 15) is 28.0 Å². The molecule has 1 fully saturated rings. The highest BCUT2D eigenvalue weighted by Gasteiger charge is 2.32. The van der Waals surface area contributed by atoms with Gasteiger partial charge in [-0.2, -0.15) is 5.26 Å². The summed E-state index contributed by atoms with van der Waals surface area (Å²) in [6, 6.07) is 15.7. The van der Waals surface area contributed by atoms with Crippen LogP contribution in [0, 0.1) is 11.3 Å². The summed E-state index contributed by atoms with van der Waals surface area (Å²) >= 11 is 0. The maximum absolute atomic E-state index is 12.8. The zero-order valence-electron chi connectivity index (χ0n) is 24.6. The second-order valence-corrected chi connectivity index (χ2v) is 11.0. The van der Waals surface area contributed by atoms with Crippen LogP contribution in [-0.4, -0.2) is 66.9 Å². The number of hydrogen-bond donors (Lipinski definition) is 1. The van der Waals surface area contributed by atoms with Crippen molar-refractivity contribution < 1.29 is 27.5 Å². The summed E-state index contributed by atoms with van der Waals surface area (Å²) in [4.78, 5) is 33.4. The van der Waals surface area contributed by atoms with Crippen molar-refractivity contribution in [3.05, 3.63) is 70.8 Å². The molecule has 0 aliphatic carbocycles. The van der Waals surface area contributed by atoms with Gasteiger partial charge < -0.3 is 19.9 Å². The Morgan fingerprint density at radius 3 is 2.53 bits per heavy atom. The zero-order chi connectivity index (χ0) is 31.1. The van der Waals surface area contributed by atoms with Gasteiger partial charge in [-0.05, 0) is 82.0 Å². The third-order valence-corrected chi connectivity index (χ3v) is 8.06. The molecule has 2 aliphatic rings. The number of halogens is 3. The molecule has 0 aromatic heterocycles. The van der Waals surface area contributed by atoms with Crippen LogP contribution in [0.5, 0.6) is 5.75 Å². The fraction of sp³-hybridized carbons (Fsp3) is 0.438. The van der Waals surface area contributed by atoms with E-state index >= 15 is 0 Å². The Morgan fingerprint density at radius 1 is 1.19 bits per heavy atom. The third kappa shape index (κ3) is 8.45. The number of ether oxygens (including phenoxy) is 1. The highest BCUT2D eigenvalue weighted by molar-refractivity contribution is 6.27. The molecule has 2 aliphatic heterocycles. The molecule has 228 valence electrons. The van der Waals surface area contributed by atoms with Crippen LogP contribution in [0.4, 0.5) is 18.9 Å². The van der Waals surface area contributed by atoms with Gasteiger partial charge in [-0.15, -0.1) is 13.2 Å². The van der Waals surface area contributed by atoms with Gasteiger partial charge in [0.1, 0.15) is 12.3 Å². The van der Waals surface area contributed by atoms with E-state index < -0.39 is 6.36 Å². The fourth-order valence-electron chi connectivity index (χ4n) is 5.64. The molecule has 0 bridgehead atoms. The molecule has 4 rings (SSSR count). The second kappa shape index (κ2) is 13.9. The molecule has 1 amide bonds. The van der Waals surface area contributed by atoms with E-state index in [0.717, 1.165) is 43.6 Å². The van der Waals surface area contributed by atoms with Crippen LogP contribution in [0.1, 0.15) is 51.2 Å². The first-order valence-electron chi connectivity index (χ1n) is 14.3.